The van der Waals surface area contributed by atoms with E-state index in [2.05, 4.69) is 25.6 Å². The summed E-state index contributed by atoms with van der Waals surface area (Å²) in [6, 6.07) is 4.07. The average molecular weight is 349 g/mol. The lowest BCUT2D eigenvalue weighted by Gasteiger charge is -2.08. The van der Waals surface area contributed by atoms with Crippen molar-refractivity contribution in [2.24, 2.45) is 0 Å². The van der Waals surface area contributed by atoms with Crippen molar-refractivity contribution in [1.82, 2.24) is 4.98 Å². The molecule has 0 aliphatic heterocycles. The third-order valence-corrected chi connectivity index (χ3v) is 3.94. The summed E-state index contributed by atoms with van der Waals surface area (Å²) < 4.78 is 52.3. The van der Waals surface area contributed by atoms with Crippen LogP contribution in [0.15, 0.2) is 46.0 Å². The van der Waals surface area contributed by atoms with Gasteiger partial charge in [0.15, 0.2) is 11.6 Å². The zero-order chi connectivity index (χ0) is 14.0. The highest BCUT2D eigenvalue weighted by atomic mass is 79.9. The average Bonchev–Trinajstić information content (AvgIpc) is 2.33. The quantitative estimate of drug-likeness (QED) is 0.927. The number of sulfonamides is 1. The van der Waals surface area contributed by atoms with Crippen LogP contribution in [-0.4, -0.2) is 13.4 Å². The normalized spacial score (nSPS) is 11.3. The highest BCUT2D eigenvalue weighted by Crippen LogP contribution is 2.19. The highest BCUT2D eigenvalue weighted by molar-refractivity contribution is 9.10. The van der Waals surface area contributed by atoms with Crippen LogP contribution in [0.1, 0.15) is 0 Å². The Morgan fingerprint density at radius 2 is 1.84 bits per heavy atom. The number of rotatable bonds is 3. The second-order valence-electron chi connectivity index (χ2n) is 3.57. The van der Waals surface area contributed by atoms with Crippen LogP contribution in [-0.2, 0) is 10.0 Å². The third-order valence-electron chi connectivity index (χ3n) is 2.16. The predicted octanol–water partition coefficient (Wildman–Crippen LogP) is 2.92. The number of anilines is 1. The number of hydrogen-bond acceptors (Lipinski definition) is 3. The number of benzene rings is 1. The van der Waals surface area contributed by atoms with Gasteiger partial charge in [0.1, 0.15) is 4.90 Å². The van der Waals surface area contributed by atoms with Crippen molar-refractivity contribution in [3.63, 3.8) is 0 Å². The smallest absolute Gasteiger partial charge is 0.263 e. The van der Waals surface area contributed by atoms with Crippen molar-refractivity contribution in [3.8, 4) is 0 Å². The fourth-order valence-electron chi connectivity index (χ4n) is 1.31. The molecule has 1 aromatic carbocycles. The molecule has 2 rings (SSSR count). The van der Waals surface area contributed by atoms with Crippen LogP contribution < -0.4 is 4.72 Å². The Bertz CT molecular complexity index is 722. The van der Waals surface area contributed by atoms with Gasteiger partial charge in [0.25, 0.3) is 10.0 Å². The summed E-state index contributed by atoms with van der Waals surface area (Å²) in [4.78, 5) is 3.63. The summed E-state index contributed by atoms with van der Waals surface area (Å²) in [6.45, 7) is 0. The lowest BCUT2D eigenvalue weighted by Crippen LogP contribution is -2.13. The van der Waals surface area contributed by atoms with Gasteiger partial charge in [-0.2, -0.15) is 0 Å². The number of pyridine rings is 1. The predicted molar refractivity (Wildman–Crippen MR) is 69.1 cm³/mol. The fraction of sp³-hybridized carbons (Fsp3) is 0. The van der Waals surface area contributed by atoms with Gasteiger partial charge >= 0.3 is 0 Å². The molecule has 0 fully saturated rings. The molecule has 100 valence electrons. The third kappa shape index (κ3) is 3.27. The molecule has 0 unspecified atom stereocenters. The fourth-order valence-corrected chi connectivity index (χ4v) is 2.87. The largest absolute Gasteiger partial charge is 0.279 e. The Hall–Kier alpha value is -1.54. The molecule has 0 saturated heterocycles. The highest BCUT2D eigenvalue weighted by Gasteiger charge is 2.16. The summed E-state index contributed by atoms with van der Waals surface area (Å²) in [5.41, 5.74) is -0.0705. The van der Waals surface area contributed by atoms with E-state index in [4.69, 9.17) is 0 Å². The summed E-state index contributed by atoms with van der Waals surface area (Å²) >= 11 is 3.10. The van der Waals surface area contributed by atoms with E-state index in [1.54, 1.807) is 0 Å². The molecule has 2 aromatic rings. The van der Waals surface area contributed by atoms with Gasteiger partial charge in [-0.3, -0.25) is 9.71 Å². The number of nitrogens with one attached hydrogen (secondary N) is 1. The van der Waals surface area contributed by atoms with E-state index in [1.165, 1.54) is 12.3 Å². The minimum absolute atomic E-state index is 0.0705. The van der Waals surface area contributed by atoms with E-state index >= 15 is 0 Å². The Morgan fingerprint density at radius 3 is 2.47 bits per heavy atom. The summed E-state index contributed by atoms with van der Waals surface area (Å²) in [7, 11) is -3.90. The molecule has 0 bridgehead atoms. The van der Waals surface area contributed by atoms with Gasteiger partial charge in [0.2, 0.25) is 0 Å². The van der Waals surface area contributed by atoms with E-state index in [1.807, 2.05) is 0 Å². The molecule has 19 heavy (non-hydrogen) atoms. The maximum atomic E-state index is 13.0. The molecular formula is C11H7BrF2N2O2S. The summed E-state index contributed by atoms with van der Waals surface area (Å²) in [5, 5.41) is 0. The lowest BCUT2D eigenvalue weighted by atomic mass is 10.3. The molecular weight excluding hydrogens is 342 g/mol. The minimum atomic E-state index is -3.90. The van der Waals surface area contributed by atoms with E-state index in [9.17, 15) is 17.2 Å². The summed E-state index contributed by atoms with van der Waals surface area (Å²) in [6.07, 6.45) is 2.57. The Kier molecular flexibility index (Phi) is 3.81. The molecule has 0 radical (unpaired) electrons. The van der Waals surface area contributed by atoms with Crippen molar-refractivity contribution in [2.75, 3.05) is 4.72 Å². The van der Waals surface area contributed by atoms with Crippen molar-refractivity contribution in [1.29, 1.82) is 0 Å². The summed E-state index contributed by atoms with van der Waals surface area (Å²) in [5.74, 6) is -2.18. The molecule has 1 N–H and O–H groups in total. The van der Waals surface area contributed by atoms with Gasteiger partial charge in [-0.25, -0.2) is 17.2 Å². The van der Waals surface area contributed by atoms with Crippen LogP contribution >= 0.6 is 15.9 Å². The standard InChI is InChI=1S/C11H7BrF2N2O2S/c12-7-3-9(6-15-5-7)19(17,18)16-8-1-2-10(13)11(14)4-8/h1-6,16H. The second kappa shape index (κ2) is 5.22. The molecule has 0 aliphatic rings. The SMILES string of the molecule is O=S(=O)(Nc1ccc(F)c(F)c1)c1cncc(Br)c1. The van der Waals surface area contributed by atoms with Crippen molar-refractivity contribution in [3.05, 3.63) is 52.8 Å². The van der Waals surface area contributed by atoms with Gasteiger partial charge < -0.3 is 0 Å². The Morgan fingerprint density at radius 1 is 1.11 bits per heavy atom. The first kappa shape index (κ1) is 13.9. The molecule has 0 aliphatic carbocycles. The first-order valence-corrected chi connectivity index (χ1v) is 7.24. The lowest BCUT2D eigenvalue weighted by molar-refractivity contribution is 0.509. The monoisotopic (exact) mass is 348 g/mol. The van der Waals surface area contributed by atoms with E-state index in [0.717, 1.165) is 24.4 Å². The van der Waals surface area contributed by atoms with Gasteiger partial charge in [-0.1, -0.05) is 0 Å². The van der Waals surface area contributed by atoms with Crippen molar-refractivity contribution < 1.29 is 17.2 Å². The topological polar surface area (TPSA) is 59.1 Å². The van der Waals surface area contributed by atoms with Crippen LogP contribution in [0.3, 0.4) is 0 Å². The molecule has 0 spiro atoms. The van der Waals surface area contributed by atoms with Gasteiger partial charge in [0, 0.05) is 22.9 Å². The van der Waals surface area contributed by atoms with E-state index in [-0.39, 0.29) is 10.6 Å². The first-order valence-electron chi connectivity index (χ1n) is 4.97. The molecule has 0 saturated carbocycles. The second-order valence-corrected chi connectivity index (χ2v) is 6.17. The molecule has 1 aromatic heterocycles. The maximum Gasteiger partial charge on any atom is 0.263 e. The van der Waals surface area contributed by atoms with Gasteiger partial charge in [-0.05, 0) is 34.1 Å². The van der Waals surface area contributed by atoms with Crippen LogP contribution in [0.5, 0.6) is 0 Å². The molecule has 1 heterocycles. The van der Waals surface area contributed by atoms with Crippen LogP contribution in [0.25, 0.3) is 0 Å². The van der Waals surface area contributed by atoms with Crippen LogP contribution in [0.2, 0.25) is 0 Å². The van der Waals surface area contributed by atoms with Crippen LogP contribution in [0.4, 0.5) is 14.5 Å². The number of aromatic nitrogens is 1. The van der Waals surface area contributed by atoms with Crippen LogP contribution in [0, 0.1) is 11.6 Å². The molecule has 0 atom stereocenters. The Labute approximate surface area is 116 Å². The number of halogens is 3. The van der Waals surface area contributed by atoms with Gasteiger partial charge in [-0.15, -0.1) is 0 Å². The zero-order valence-corrected chi connectivity index (χ0v) is 11.7. The Balaban J connectivity index is 2.33. The zero-order valence-electron chi connectivity index (χ0n) is 9.27. The number of hydrogen-bond donors (Lipinski definition) is 1. The first-order chi connectivity index (χ1) is 8.88. The van der Waals surface area contributed by atoms with Gasteiger partial charge in [0.05, 0.1) is 5.69 Å². The maximum absolute atomic E-state index is 13.0. The molecule has 4 nitrogen and oxygen atoms in total. The van der Waals surface area contributed by atoms with E-state index < -0.39 is 21.7 Å². The van der Waals surface area contributed by atoms with Crippen molar-refractivity contribution >= 4 is 31.6 Å². The van der Waals surface area contributed by atoms with Crippen molar-refractivity contribution in [2.45, 2.75) is 4.90 Å². The number of nitrogens with zero attached hydrogens (tertiary/aromatic N) is 1. The molecule has 8 heteroatoms. The van der Waals surface area contributed by atoms with E-state index in [0.29, 0.717) is 4.47 Å². The molecule has 0 amide bonds. The minimum Gasteiger partial charge on any atom is -0.279 e.